The number of benzene rings is 2. The minimum absolute atomic E-state index is 0.111. The smallest absolute Gasteiger partial charge is 0.418 e. The van der Waals surface area contributed by atoms with Crippen molar-refractivity contribution in [2.75, 3.05) is 0 Å². The molecule has 0 unspecified atom stereocenters. The molecular weight excluding hydrogens is 442 g/mol. The maximum atomic E-state index is 12.5. The third-order valence-electron chi connectivity index (χ3n) is 5.87. The second-order valence-electron chi connectivity index (χ2n) is 8.63. The first-order valence-corrected chi connectivity index (χ1v) is 12.3. The molecule has 176 valence electrons. The zero-order chi connectivity index (χ0) is 24.4. The Labute approximate surface area is 194 Å². The molecule has 3 rings (SSSR count). The first-order chi connectivity index (χ1) is 15.5. The number of hydrogen-bond acceptors (Lipinski definition) is 5. The fourth-order valence-corrected chi connectivity index (χ4v) is 4.96. The van der Waals surface area contributed by atoms with Crippen LogP contribution in [0.4, 0.5) is 4.79 Å². The zero-order valence-corrected chi connectivity index (χ0v) is 20.1. The lowest BCUT2D eigenvalue weighted by Gasteiger charge is -2.33. The molecule has 1 heterocycles. The topological polar surface area (TPSA) is 116 Å². The summed E-state index contributed by atoms with van der Waals surface area (Å²) < 4.78 is 26.6. The molecule has 2 N–H and O–H groups in total. The van der Waals surface area contributed by atoms with Crippen LogP contribution < -0.4 is 4.72 Å². The molecule has 2 amide bonds. The highest BCUT2D eigenvalue weighted by Gasteiger charge is 2.42. The second kappa shape index (κ2) is 9.35. The van der Waals surface area contributed by atoms with Crippen molar-refractivity contribution < 1.29 is 23.1 Å². The number of sulfonamides is 1. The normalized spacial score (nSPS) is 15.5. The Hall–Kier alpha value is -3.20. The summed E-state index contributed by atoms with van der Waals surface area (Å²) >= 11 is 0. The van der Waals surface area contributed by atoms with Crippen molar-refractivity contribution in [1.82, 2.24) is 9.62 Å². The van der Waals surface area contributed by atoms with Crippen molar-refractivity contribution in [3.8, 4) is 11.1 Å². The van der Waals surface area contributed by atoms with Crippen LogP contribution in [0.3, 0.4) is 0 Å². The Bertz CT molecular complexity index is 1220. The third kappa shape index (κ3) is 5.08. The van der Waals surface area contributed by atoms with Crippen molar-refractivity contribution in [3.63, 3.8) is 0 Å². The Morgan fingerprint density at radius 1 is 1.18 bits per heavy atom. The monoisotopic (exact) mass is 471 g/mol. The van der Waals surface area contributed by atoms with E-state index in [1.165, 1.54) is 6.07 Å². The lowest BCUT2D eigenvalue weighted by molar-refractivity contribution is -0.124. The number of amides is 2. The van der Waals surface area contributed by atoms with Crippen LogP contribution in [0.1, 0.15) is 51.2 Å². The van der Waals surface area contributed by atoms with E-state index in [0.717, 1.165) is 36.2 Å². The van der Waals surface area contributed by atoms with E-state index >= 15 is 0 Å². The average molecular weight is 472 g/mol. The molecule has 2 aromatic carbocycles. The summed E-state index contributed by atoms with van der Waals surface area (Å²) in [5.74, 6) is 0.652. The molecule has 33 heavy (non-hydrogen) atoms. The van der Waals surface area contributed by atoms with E-state index in [0.29, 0.717) is 17.7 Å². The van der Waals surface area contributed by atoms with Crippen molar-refractivity contribution in [2.24, 2.45) is 4.99 Å². The molecule has 0 fully saturated rings. The van der Waals surface area contributed by atoms with E-state index in [9.17, 15) is 18.0 Å². The molecule has 0 aliphatic carbocycles. The Morgan fingerprint density at radius 3 is 2.52 bits per heavy atom. The highest BCUT2D eigenvalue weighted by Crippen LogP contribution is 2.32. The SMILES string of the molecule is CCCCC1=NC(=O)C(C)(C)N1Cc1ccc(-c2ccccc2S(=O)(=O)NC(=O)O)cc1C. The number of carboxylic acid groups (broad SMARTS) is 1. The van der Waals surface area contributed by atoms with Gasteiger partial charge < -0.3 is 10.0 Å². The molecule has 0 bridgehead atoms. The van der Waals surface area contributed by atoms with Gasteiger partial charge in [0.1, 0.15) is 11.4 Å². The van der Waals surface area contributed by atoms with Gasteiger partial charge in [-0.1, -0.05) is 49.7 Å². The number of hydrogen-bond donors (Lipinski definition) is 2. The highest BCUT2D eigenvalue weighted by atomic mass is 32.2. The first kappa shape index (κ1) is 24.4. The van der Waals surface area contributed by atoms with Gasteiger partial charge in [-0.25, -0.2) is 17.9 Å². The lowest BCUT2D eigenvalue weighted by Crippen LogP contribution is -2.46. The maximum Gasteiger partial charge on any atom is 0.418 e. The van der Waals surface area contributed by atoms with Crippen LogP contribution in [-0.2, 0) is 21.4 Å². The van der Waals surface area contributed by atoms with E-state index in [-0.39, 0.29) is 10.8 Å². The molecule has 0 atom stereocenters. The lowest BCUT2D eigenvalue weighted by atomic mass is 9.97. The van der Waals surface area contributed by atoms with E-state index < -0.39 is 21.7 Å². The minimum Gasteiger partial charge on any atom is -0.464 e. The molecule has 8 nitrogen and oxygen atoms in total. The van der Waals surface area contributed by atoms with Crippen molar-refractivity contribution in [1.29, 1.82) is 0 Å². The van der Waals surface area contributed by atoms with Gasteiger partial charge in [0.2, 0.25) is 0 Å². The molecule has 1 aliphatic heterocycles. The van der Waals surface area contributed by atoms with Gasteiger partial charge in [0.05, 0.1) is 4.90 Å². The summed E-state index contributed by atoms with van der Waals surface area (Å²) in [6.07, 6.45) is 1.06. The number of rotatable bonds is 8. The number of aryl methyl sites for hydroxylation is 1. The third-order valence-corrected chi connectivity index (χ3v) is 7.25. The van der Waals surface area contributed by atoms with Crippen LogP contribution in [0.25, 0.3) is 11.1 Å². The summed E-state index contributed by atoms with van der Waals surface area (Å²) in [6, 6.07) is 11.9. The van der Waals surface area contributed by atoms with E-state index in [4.69, 9.17) is 5.11 Å². The molecular formula is C24H29N3O5S. The minimum atomic E-state index is -4.23. The van der Waals surface area contributed by atoms with Crippen LogP contribution in [0.2, 0.25) is 0 Å². The van der Waals surface area contributed by atoms with Crippen LogP contribution in [0.15, 0.2) is 52.4 Å². The van der Waals surface area contributed by atoms with Gasteiger partial charge in [0.25, 0.3) is 15.9 Å². The van der Waals surface area contributed by atoms with E-state index in [2.05, 4.69) is 11.9 Å². The summed E-state index contributed by atoms with van der Waals surface area (Å²) in [5, 5.41) is 8.90. The maximum absolute atomic E-state index is 12.5. The van der Waals surface area contributed by atoms with Crippen molar-refractivity contribution >= 4 is 27.9 Å². The molecule has 0 radical (unpaired) electrons. The van der Waals surface area contributed by atoms with Crippen LogP contribution in [0, 0.1) is 6.92 Å². The molecule has 0 aromatic heterocycles. The fourth-order valence-electron chi connectivity index (χ4n) is 3.89. The number of nitrogens with zero attached hydrogens (tertiary/aromatic N) is 2. The van der Waals surface area contributed by atoms with Crippen molar-refractivity contribution in [3.05, 3.63) is 53.6 Å². The fraction of sp³-hybridized carbons (Fsp3) is 0.375. The highest BCUT2D eigenvalue weighted by molar-refractivity contribution is 7.90. The molecule has 0 saturated carbocycles. The van der Waals surface area contributed by atoms with Gasteiger partial charge in [-0.2, -0.15) is 4.99 Å². The molecule has 0 spiro atoms. The molecule has 1 aliphatic rings. The number of carbonyl (C=O) groups is 2. The second-order valence-corrected chi connectivity index (χ2v) is 10.3. The number of aliphatic imine (C=N–C) groups is 1. The predicted molar refractivity (Wildman–Crippen MR) is 127 cm³/mol. The van der Waals surface area contributed by atoms with Gasteiger partial charge in [-0.05, 0) is 49.9 Å². The number of amidine groups is 1. The zero-order valence-electron chi connectivity index (χ0n) is 19.3. The largest absolute Gasteiger partial charge is 0.464 e. The summed E-state index contributed by atoms with van der Waals surface area (Å²) in [4.78, 5) is 29.6. The van der Waals surface area contributed by atoms with Crippen LogP contribution >= 0.6 is 0 Å². The van der Waals surface area contributed by atoms with E-state index in [1.807, 2.05) is 43.9 Å². The average Bonchev–Trinajstić information content (AvgIpc) is 2.95. The van der Waals surface area contributed by atoms with Gasteiger partial charge in [-0.3, -0.25) is 4.79 Å². The molecule has 9 heteroatoms. The summed E-state index contributed by atoms with van der Waals surface area (Å²) in [7, 11) is -4.23. The van der Waals surface area contributed by atoms with Crippen molar-refractivity contribution in [2.45, 2.75) is 63.9 Å². The van der Waals surface area contributed by atoms with E-state index in [1.54, 1.807) is 22.9 Å². The Morgan fingerprint density at radius 2 is 1.88 bits per heavy atom. The number of unbranched alkanes of at least 4 members (excludes halogenated alkanes) is 1. The molecule has 2 aromatic rings. The summed E-state index contributed by atoms with van der Waals surface area (Å²) in [5.41, 5.74) is 2.25. The summed E-state index contributed by atoms with van der Waals surface area (Å²) in [6.45, 7) is 8.28. The quantitative estimate of drug-likeness (QED) is 0.592. The van der Waals surface area contributed by atoms with Gasteiger partial charge in [0, 0.05) is 18.5 Å². The predicted octanol–water partition coefficient (Wildman–Crippen LogP) is 4.33. The van der Waals surface area contributed by atoms with Gasteiger partial charge in [-0.15, -0.1) is 0 Å². The number of carbonyl (C=O) groups excluding carboxylic acids is 1. The number of nitrogens with one attached hydrogen (secondary N) is 1. The first-order valence-electron chi connectivity index (χ1n) is 10.8. The molecule has 0 saturated heterocycles. The van der Waals surface area contributed by atoms with Gasteiger partial charge >= 0.3 is 6.09 Å². The Balaban J connectivity index is 1.94. The standard InChI is InChI=1S/C24H29N3O5S/c1-5-6-11-21-25-22(28)24(3,4)27(21)15-18-13-12-17(14-16(18)2)19-9-7-8-10-20(19)33(31,32)26-23(29)30/h7-10,12-14,26H,5-6,11,15H2,1-4H3,(H,29,30). The van der Waals surface area contributed by atoms with Gasteiger partial charge in [0.15, 0.2) is 0 Å². The Kier molecular flexibility index (Phi) is 6.92. The van der Waals surface area contributed by atoms with Crippen LogP contribution in [-0.4, -0.2) is 41.8 Å². The van der Waals surface area contributed by atoms with Crippen LogP contribution in [0.5, 0.6) is 0 Å².